The number of aryl methyl sites for hydroxylation is 2. The second kappa shape index (κ2) is 5.45. The maximum absolute atomic E-state index is 5.82. The van der Waals surface area contributed by atoms with Crippen LogP contribution in [-0.2, 0) is 20.0 Å². The Balaban J connectivity index is 2.69. The van der Waals surface area contributed by atoms with Crippen molar-refractivity contribution in [2.75, 3.05) is 7.11 Å². The summed E-state index contributed by atoms with van der Waals surface area (Å²) in [5.74, 6) is 1.81. The Morgan fingerprint density at radius 1 is 1.37 bits per heavy atom. The van der Waals surface area contributed by atoms with Crippen LogP contribution in [0.25, 0.3) is 11.3 Å². The predicted molar refractivity (Wildman–Crippen MR) is 77.2 cm³/mol. The highest BCUT2D eigenvalue weighted by molar-refractivity contribution is 5.71. The number of nitrogens with zero attached hydrogens (tertiary/aromatic N) is 2. The quantitative estimate of drug-likeness (QED) is 0.917. The topological polar surface area (TPSA) is 53.1 Å². The highest BCUT2D eigenvalue weighted by Crippen LogP contribution is 2.33. The highest BCUT2D eigenvalue weighted by Gasteiger charge is 2.17. The van der Waals surface area contributed by atoms with E-state index in [9.17, 15) is 0 Å². The third-order valence-corrected chi connectivity index (χ3v) is 3.51. The van der Waals surface area contributed by atoms with Gasteiger partial charge in [-0.05, 0) is 31.0 Å². The number of imidazole rings is 1. The van der Waals surface area contributed by atoms with E-state index in [-0.39, 0.29) is 0 Å². The summed E-state index contributed by atoms with van der Waals surface area (Å²) in [5, 5.41) is 0. The zero-order chi connectivity index (χ0) is 14.0. The summed E-state index contributed by atoms with van der Waals surface area (Å²) >= 11 is 0. The SMILES string of the molecule is CCc1ccc(OC)c(-c2c(CN)nc(C)n2C)c1. The molecule has 0 spiro atoms. The van der Waals surface area contributed by atoms with Crippen molar-refractivity contribution in [1.29, 1.82) is 0 Å². The molecule has 0 aliphatic carbocycles. The summed E-state index contributed by atoms with van der Waals surface area (Å²) in [7, 11) is 3.70. The van der Waals surface area contributed by atoms with Crippen molar-refractivity contribution in [3.63, 3.8) is 0 Å². The zero-order valence-corrected chi connectivity index (χ0v) is 12.0. The zero-order valence-electron chi connectivity index (χ0n) is 12.0. The molecule has 0 bridgehead atoms. The van der Waals surface area contributed by atoms with E-state index < -0.39 is 0 Å². The third-order valence-electron chi connectivity index (χ3n) is 3.51. The fourth-order valence-electron chi connectivity index (χ4n) is 2.32. The molecule has 0 fully saturated rings. The summed E-state index contributed by atoms with van der Waals surface area (Å²) in [6.45, 7) is 4.55. The number of aromatic nitrogens is 2. The molecule has 2 aromatic rings. The Labute approximate surface area is 114 Å². The van der Waals surface area contributed by atoms with Gasteiger partial charge >= 0.3 is 0 Å². The molecule has 102 valence electrons. The van der Waals surface area contributed by atoms with Gasteiger partial charge in [-0.3, -0.25) is 0 Å². The summed E-state index contributed by atoms with van der Waals surface area (Å²) < 4.78 is 7.55. The van der Waals surface area contributed by atoms with Gasteiger partial charge in [0.15, 0.2) is 0 Å². The molecule has 1 aromatic carbocycles. The molecule has 4 heteroatoms. The number of methoxy groups -OCH3 is 1. The Morgan fingerprint density at radius 2 is 2.11 bits per heavy atom. The highest BCUT2D eigenvalue weighted by atomic mass is 16.5. The van der Waals surface area contributed by atoms with Gasteiger partial charge in [-0.25, -0.2) is 4.98 Å². The summed E-state index contributed by atoms with van der Waals surface area (Å²) in [6, 6.07) is 6.26. The van der Waals surface area contributed by atoms with Crippen molar-refractivity contribution in [1.82, 2.24) is 9.55 Å². The van der Waals surface area contributed by atoms with E-state index in [4.69, 9.17) is 10.5 Å². The van der Waals surface area contributed by atoms with Gasteiger partial charge in [0.25, 0.3) is 0 Å². The molecule has 1 aromatic heterocycles. The van der Waals surface area contributed by atoms with E-state index in [0.717, 1.165) is 34.9 Å². The van der Waals surface area contributed by atoms with Crippen molar-refractivity contribution in [3.8, 4) is 17.0 Å². The first-order valence-electron chi connectivity index (χ1n) is 6.51. The molecule has 4 nitrogen and oxygen atoms in total. The molecule has 2 rings (SSSR count). The van der Waals surface area contributed by atoms with Crippen molar-refractivity contribution in [2.45, 2.75) is 26.8 Å². The second-order valence-electron chi connectivity index (χ2n) is 4.61. The number of hydrogen-bond donors (Lipinski definition) is 1. The summed E-state index contributed by atoms with van der Waals surface area (Å²) in [5.41, 5.74) is 10.1. The van der Waals surface area contributed by atoms with Crippen LogP contribution in [0.4, 0.5) is 0 Å². The average molecular weight is 259 g/mol. The molecule has 0 aliphatic heterocycles. The molecule has 0 amide bonds. The predicted octanol–water partition coefficient (Wildman–Crippen LogP) is 2.43. The van der Waals surface area contributed by atoms with Gasteiger partial charge in [0.05, 0.1) is 18.5 Å². The minimum absolute atomic E-state index is 0.427. The Kier molecular flexibility index (Phi) is 3.90. The van der Waals surface area contributed by atoms with Crippen LogP contribution in [0.2, 0.25) is 0 Å². The van der Waals surface area contributed by atoms with Crippen LogP contribution >= 0.6 is 0 Å². The van der Waals surface area contributed by atoms with Crippen molar-refractivity contribution in [3.05, 3.63) is 35.3 Å². The van der Waals surface area contributed by atoms with Crippen LogP contribution in [0.1, 0.15) is 24.0 Å². The number of ether oxygens (including phenoxy) is 1. The smallest absolute Gasteiger partial charge is 0.128 e. The van der Waals surface area contributed by atoms with Crippen LogP contribution in [0.3, 0.4) is 0 Å². The van der Waals surface area contributed by atoms with Gasteiger partial charge in [0.2, 0.25) is 0 Å². The maximum atomic E-state index is 5.82. The Bertz CT molecular complexity index is 587. The first kappa shape index (κ1) is 13.6. The van der Waals surface area contributed by atoms with Crippen molar-refractivity contribution >= 4 is 0 Å². The second-order valence-corrected chi connectivity index (χ2v) is 4.61. The fourth-order valence-corrected chi connectivity index (χ4v) is 2.32. The van der Waals surface area contributed by atoms with Crippen molar-refractivity contribution in [2.24, 2.45) is 12.8 Å². The van der Waals surface area contributed by atoms with Gasteiger partial charge in [0.1, 0.15) is 11.6 Å². The minimum Gasteiger partial charge on any atom is -0.496 e. The number of benzene rings is 1. The van der Waals surface area contributed by atoms with Crippen LogP contribution < -0.4 is 10.5 Å². The van der Waals surface area contributed by atoms with Crippen LogP contribution in [0, 0.1) is 6.92 Å². The van der Waals surface area contributed by atoms with Gasteiger partial charge < -0.3 is 15.0 Å². The third kappa shape index (κ3) is 2.36. The molecule has 0 radical (unpaired) electrons. The van der Waals surface area contributed by atoms with E-state index in [1.807, 2.05) is 20.0 Å². The van der Waals surface area contributed by atoms with E-state index in [1.165, 1.54) is 5.56 Å². The molecule has 0 saturated carbocycles. The minimum atomic E-state index is 0.427. The lowest BCUT2D eigenvalue weighted by Gasteiger charge is -2.12. The molecule has 0 unspecified atom stereocenters. The monoisotopic (exact) mass is 259 g/mol. The van der Waals surface area contributed by atoms with Crippen molar-refractivity contribution < 1.29 is 4.74 Å². The van der Waals surface area contributed by atoms with Gasteiger partial charge in [0, 0.05) is 19.2 Å². The van der Waals surface area contributed by atoms with E-state index in [2.05, 4.69) is 28.6 Å². The molecule has 0 atom stereocenters. The molecule has 0 saturated heterocycles. The van der Waals surface area contributed by atoms with E-state index in [0.29, 0.717) is 6.54 Å². The Morgan fingerprint density at radius 3 is 2.68 bits per heavy atom. The van der Waals surface area contributed by atoms with Crippen LogP contribution in [-0.4, -0.2) is 16.7 Å². The van der Waals surface area contributed by atoms with E-state index in [1.54, 1.807) is 7.11 Å². The lowest BCUT2D eigenvalue weighted by atomic mass is 10.0. The standard InChI is InChI=1S/C15H21N3O/c1-5-11-6-7-14(19-4)12(8-11)15-13(9-16)17-10(2)18(15)3/h6-8H,5,9,16H2,1-4H3. The van der Waals surface area contributed by atoms with E-state index >= 15 is 0 Å². The van der Waals surface area contributed by atoms with Gasteiger partial charge in [-0.1, -0.05) is 13.0 Å². The largest absolute Gasteiger partial charge is 0.496 e. The number of rotatable bonds is 4. The maximum Gasteiger partial charge on any atom is 0.128 e. The molecule has 2 N–H and O–H groups in total. The summed E-state index contributed by atoms with van der Waals surface area (Å²) in [4.78, 5) is 4.52. The fraction of sp³-hybridized carbons (Fsp3) is 0.400. The van der Waals surface area contributed by atoms with Gasteiger partial charge in [-0.15, -0.1) is 0 Å². The first-order valence-corrected chi connectivity index (χ1v) is 6.51. The average Bonchev–Trinajstić information content (AvgIpc) is 2.73. The lowest BCUT2D eigenvalue weighted by Crippen LogP contribution is -2.02. The molecular weight excluding hydrogens is 238 g/mol. The van der Waals surface area contributed by atoms with Crippen LogP contribution in [0.15, 0.2) is 18.2 Å². The van der Waals surface area contributed by atoms with Crippen LogP contribution in [0.5, 0.6) is 5.75 Å². The molecule has 1 heterocycles. The molecular formula is C15H21N3O. The normalized spacial score (nSPS) is 10.8. The number of hydrogen-bond acceptors (Lipinski definition) is 3. The molecule has 19 heavy (non-hydrogen) atoms. The lowest BCUT2D eigenvalue weighted by molar-refractivity contribution is 0.416. The number of nitrogens with two attached hydrogens (primary N) is 1. The Hall–Kier alpha value is -1.81. The first-order chi connectivity index (χ1) is 9.12. The summed E-state index contributed by atoms with van der Waals surface area (Å²) in [6.07, 6.45) is 0.992. The van der Waals surface area contributed by atoms with Gasteiger partial charge in [-0.2, -0.15) is 0 Å². The molecule has 0 aliphatic rings.